The van der Waals surface area contributed by atoms with E-state index in [9.17, 15) is 0 Å². The Kier molecular flexibility index (Phi) is 9.25. The van der Waals surface area contributed by atoms with E-state index in [-0.39, 0.29) is 11.7 Å². The molecule has 7 heteroatoms. The summed E-state index contributed by atoms with van der Waals surface area (Å²) in [5.74, 6) is 0.0862. The Morgan fingerprint density at radius 2 is 1.15 bits per heavy atom. The van der Waals surface area contributed by atoms with Crippen molar-refractivity contribution in [2.75, 3.05) is 0 Å². The van der Waals surface area contributed by atoms with E-state index in [0.717, 1.165) is 11.4 Å². The van der Waals surface area contributed by atoms with Crippen LogP contribution in [0, 0.1) is 19.3 Å². The number of nitrogens with one attached hydrogen (secondary N) is 1. The number of rotatable bonds is 5. The third-order valence-corrected chi connectivity index (χ3v) is 7.55. The van der Waals surface area contributed by atoms with Gasteiger partial charge in [0.05, 0.1) is 22.8 Å². The number of benzene rings is 3. The van der Waals surface area contributed by atoms with Crippen molar-refractivity contribution in [3.63, 3.8) is 0 Å². The van der Waals surface area contributed by atoms with Crippen molar-refractivity contribution >= 4 is 22.4 Å². The minimum absolute atomic E-state index is 0.0506. The summed E-state index contributed by atoms with van der Waals surface area (Å²) in [7, 11) is 0. The van der Waals surface area contributed by atoms with Gasteiger partial charge in [-0.3, -0.25) is 15.4 Å². The molecule has 0 saturated heterocycles. The third kappa shape index (κ3) is 7.32. The molecule has 0 spiro atoms. The average molecular weight is 612 g/mol. The van der Waals surface area contributed by atoms with Gasteiger partial charge in [0.1, 0.15) is 11.4 Å². The van der Waals surface area contributed by atoms with Gasteiger partial charge >= 0.3 is 0 Å². The zero-order valence-electron chi connectivity index (χ0n) is 26.2. The molecular formula is C40H33N7. The van der Waals surface area contributed by atoms with Gasteiger partial charge in [0.15, 0.2) is 11.7 Å². The highest BCUT2D eigenvalue weighted by Crippen LogP contribution is 2.31. The molecule has 4 aromatic heterocycles. The molecule has 0 aliphatic carbocycles. The van der Waals surface area contributed by atoms with Crippen molar-refractivity contribution in [3.05, 3.63) is 168 Å². The largest absolute Gasteiger partial charge is 0.382 e. The van der Waals surface area contributed by atoms with Crippen LogP contribution in [-0.4, -0.2) is 31.6 Å². The SMILES string of the molecule is Cc1ccc(-c2cccc3ccccc23)c(C)c1.N=C(N=C(N)c1cccc(-c2ccccn2)n1)c1cccc(-c2ccccn2)n1. The lowest BCUT2D eigenvalue weighted by molar-refractivity contribution is 1.20. The number of nitrogens with two attached hydrogens (primary N) is 1. The molecule has 0 amide bonds. The summed E-state index contributed by atoms with van der Waals surface area (Å²) in [6.07, 6.45) is 3.41. The molecule has 47 heavy (non-hydrogen) atoms. The second-order valence-corrected chi connectivity index (χ2v) is 10.9. The van der Waals surface area contributed by atoms with Crippen LogP contribution in [0.1, 0.15) is 22.5 Å². The number of hydrogen-bond donors (Lipinski definition) is 2. The van der Waals surface area contributed by atoms with Crippen LogP contribution in [0.15, 0.2) is 151 Å². The predicted molar refractivity (Wildman–Crippen MR) is 191 cm³/mol. The summed E-state index contributed by atoms with van der Waals surface area (Å²) in [6, 6.07) is 43.7. The van der Waals surface area contributed by atoms with Crippen LogP contribution in [-0.2, 0) is 0 Å². The molecule has 228 valence electrons. The number of pyridine rings is 4. The first-order valence-corrected chi connectivity index (χ1v) is 15.2. The minimum atomic E-state index is -0.0506. The molecule has 7 rings (SSSR count). The topological polar surface area (TPSA) is 114 Å². The quantitative estimate of drug-likeness (QED) is 0.150. The van der Waals surface area contributed by atoms with Gasteiger partial charge in [-0.2, -0.15) is 0 Å². The minimum Gasteiger partial charge on any atom is -0.382 e. The Labute approximate surface area is 274 Å². The maximum Gasteiger partial charge on any atom is 0.172 e. The molecule has 0 unspecified atom stereocenters. The van der Waals surface area contributed by atoms with Crippen LogP contribution in [0.4, 0.5) is 0 Å². The van der Waals surface area contributed by atoms with Gasteiger partial charge in [-0.1, -0.05) is 90.5 Å². The second kappa shape index (κ2) is 14.2. The lowest BCUT2D eigenvalue weighted by Gasteiger charge is -2.10. The van der Waals surface area contributed by atoms with E-state index in [0.29, 0.717) is 22.8 Å². The van der Waals surface area contributed by atoms with Crippen molar-refractivity contribution < 1.29 is 0 Å². The number of aliphatic imine (C=N–C) groups is 1. The monoisotopic (exact) mass is 611 g/mol. The number of nitrogens with zero attached hydrogens (tertiary/aromatic N) is 5. The molecule has 0 radical (unpaired) electrons. The first kappa shape index (κ1) is 30.7. The molecule has 0 bridgehead atoms. The van der Waals surface area contributed by atoms with Gasteiger partial charge in [0.2, 0.25) is 0 Å². The Bertz CT molecular complexity index is 2190. The van der Waals surface area contributed by atoms with E-state index in [4.69, 9.17) is 11.1 Å². The Morgan fingerprint density at radius 3 is 1.81 bits per heavy atom. The number of aromatic nitrogens is 4. The Morgan fingerprint density at radius 1 is 0.574 bits per heavy atom. The van der Waals surface area contributed by atoms with E-state index in [1.165, 1.54) is 33.0 Å². The molecular weight excluding hydrogens is 578 g/mol. The van der Waals surface area contributed by atoms with Gasteiger partial charge in [-0.25, -0.2) is 15.0 Å². The van der Waals surface area contributed by atoms with Crippen LogP contribution in [0.3, 0.4) is 0 Å². The van der Waals surface area contributed by atoms with E-state index in [2.05, 4.69) is 99.4 Å². The molecule has 0 aliphatic rings. The fourth-order valence-corrected chi connectivity index (χ4v) is 5.27. The summed E-state index contributed by atoms with van der Waals surface area (Å²) >= 11 is 0. The third-order valence-electron chi connectivity index (χ3n) is 7.55. The smallest absolute Gasteiger partial charge is 0.172 e. The first-order valence-electron chi connectivity index (χ1n) is 15.2. The second-order valence-electron chi connectivity index (χ2n) is 10.9. The molecule has 7 aromatic rings. The molecule has 4 heterocycles. The Balaban J connectivity index is 0.000000183. The van der Waals surface area contributed by atoms with Crippen LogP contribution in [0.25, 0.3) is 44.7 Å². The molecule has 3 aromatic carbocycles. The fourth-order valence-electron chi connectivity index (χ4n) is 5.27. The van der Waals surface area contributed by atoms with E-state index < -0.39 is 0 Å². The van der Waals surface area contributed by atoms with Crippen LogP contribution < -0.4 is 5.73 Å². The Hall–Kier alpha value is -6.34. The molecule has 7 nitrogen and oxygen atoms in total. The van der Waals surface area contributed by atoms with Crippen LogP contribution >= 0.6 is 0 Å². The van der Waals surface area contributed by atoms with Crippen molar-refractivity contribution in [2.45, 2.75) is 13.8 Å². The number of fused-ring (bicyclic) bond motifs is 1. The molecule has 0 atom stereocenters. The summed E-state index contributed by atoms with van der Waals surface area (Å²) < 4.78 is 0. The van der Waals surface area contributed by atoms with Gasteiger partial charge in [-0.05, 0) is 89.8 Å². The summed E-state index contributed by atoms with van der Waals surface area (Å²) in [6.45, 7) is 4.32. The maximum atomic E-state index is 8.30. The van der Waals surface area contributed by atoms with E-state index in [1.54, 1.807) is 24.5 Å². The molecule has 0 fully saturated rings. The highest BCUT2D eigenvalue weighted by Gasteiger charge is 2.10. The van der Waals surface area contributed by atoms with Gasteiger partial charge in [-0.15, -0.1) is 0 Å². The lowest BCUT2D eigenvalue weighted by Crippen LogP contribution is -2.18. The predicted octanol–water partition coefficient (Wildman–Crippen LogP) is 8.46. The maximum absolute atomic E-state index is 8.30. The average Bonchev–Trinajstić information content (AvgIpc) is 3.12. The summed E-state index contributed by atoms with van der Waals surface area (Å²) in [5, 5.41) is 10.9. The zero-order chi connectivity index (χ0) is 32.6. The molecule has 0 aliphatic heterocycles. The van der Waals surface area contributed by atoms with Gasteiger partial charge < -0.3 is 5.73 Å². The fraction of sp³-hybridized carbons (Fsp3) is 0.0500. The molecule has 3 N–H and O–H groups in total. The summed E-state index contributed by atoms with van der Waals surface area (Å²) in [4.78, 5) is 21.8. The van der Waals surface area contributed by atoms with Crippen molar-refractivity contribution in [3.8, 4) is 33.9 Å². The number of hydrogen-bond acceptors (Lipinski definition) is 5. The van der Waals surface area contributed by atoms with Crippen molar-refractivity contribution in [2.24, 2.45) is 10.7 Å². The van der Waals surface area contributed by atoms with Crippen molar-refractivity contribution in [1.29, 1.82) is 5.41 Å². The number of amidine groups is 2. The zero-order valence-corrected chi connectivity index (χ0v) is 26.2. The van der Waals surface area contributed by atoms with Crippen molar-refractivity contribution in [1.82, 2.24) is 19.9 Å². The van der Waals surface area contributed by atoms with Gasteiger partial charge in [0, 0.05) is 12.4 Å². The highest BCUT2D eigenvalue weighted by atomic mass is 15.0. The van der Waals surface area contributed by atoms with Crippen LogP contribution in [0.5, 0.6) is 0 Å². The molecule has 0 saturated carbocycles. The number of aryl methyl sites for hydroxylation is 2. The van der Waals surface area contributed by atoms with E-state index >= 15 is 0 Å². The van der Waals surface area contributed by atoms with E-state index in [1.807, 2.05) is 60.7 Å². The lowest BCUT2D eigenvalue weighted by atomic mass is 9.94. The summed E-state index contributed by atoms with van der Waals surface area (Å²) in [5.41, 5.74) is 15.1. The standard InChI is InChI=1S/C22H17N7.C18H16/c23-21(19-11-5-9-17(27-19)15-7-1-3-13-25-15)29-22(24)20-12-6-10-18(28-20)16-8-2-4-14-26-16;1-13-10-11-16(14(2)12-13)18-9-5-7-15-6-3-4-8-17(15)18/h1-14H,(H3,23,24,29);3-12H,1-2H3. The first-order chi connectivity index (χ1) is 23.0. The van der Waals surface area contributed by atoms with Gasteiger partial charge in [0.25, 0.3) is 0 Å². The normalized spacial score (nSPS) is 11.1. The highest BCUT2D eigenvalue weighted by molar-refractivity contribution is 6.08. The van der Waals surface area contributed by atoms with Crippen LogP contribution in [0.2, 0.25) is 0 Å².